The third-order valence-corrected chi connectivity index (χ3v) is 2.99. The number of nitrogens with zero attached hydrogens (tertiary/aromatic N) is 1. The highest BCUT2D eigenvalue weighted by molar-refractivity contribution is 5.92. The molecule has 0 radical (unpaired) electrons. The van der Waals surface area contributed by atoms with Gasteiger partial charge in [-0.2, -0.15) is 0 Å². The first-order valence-electron chi connectivity index (χ1n) is 5.31. The Bertz CT molecular complexity index is 374. The van der Waals surface area contributed by atoms with E-state index in [1.165, 1.54) is 5.56 Å². The topological polar surface area (TPSA) is 30.8 Å². The first-order chi connectivity index (χ1) is 7.45. The van der Waals surface area contributed by atoms with Crippen LogP contribution < -0.4 is 0 Å². The lowest BCUT2D eigenvalue weighted by atomic mass is 9.91. The van der Waals surface area contributed by atoms with Gasteiger partial charge in [-0.1, -0.05) is 35.5 Å². The molecule has 0 aromatic heterocycles. The molecule has 78 valence electrons. The summed E-state index contributed by atoms with van der Waals surface area (Å²) in [5, 5.41) is 4.11. The molecule has 1 aromatic rings. The van der Waals surface area contributed by atoms with Gasteiger partial charge >= 0.3 is 0 Å². The fourth-order valence-corrected chi connectivity index (χ4v) is 2.16. The standard InChI is InChI=1S/C12H13NO2/c1-2-4-9(5-3-1)12-11-10(6-7-14-12)8-15-13-11/h1-5,10,12H,6-8H2/t10-,12-/m1/s1. The van der Waals surface area contributed by atoms with E-state index in [0.29, 0.717) is 5.92 Å². The minimum absolute atomic E-state index is 0.00690. The third-order valence-electron chi connectivity index (χ3n) is 2.99. The number of rotatable bonds is 1. The maximum Gasteiger partial charge on any atom is 0.125 e. The summed E-state index contributed by atoms with van der Waals surface area (Å²) in [5.41, 5.74) is 2.24. The number of ether oxygens (including phenoxy) is 1. The van der Waals surface area contributed by atoms with Crippen LogP contribution in [-0.4, -0.2) is 18.9 Å². The molecule has 0 unspecified atom stereocenters. The molecule has 3 nitrogen and oxygen atoms in total. The summed E-state index contributed by atoms with van der Waals surface area (Å²) in [6, 6.07) is 10.2. The SMILES string of the molecule is c1ccc([C@H]2OCC[C@@H]3CON=C32)cc1. The van der Waals surface area contributed by atoms with Crippen molar-refractivity contribution in [3.05, 3.63) is 35.9 Å². The highest BCUT2D eigenvalue weighted by Gasteiger charge is 2.35. The fourth-order valence-electron chi connectivity index (χ4n) is 2.16. The van der Waals surface area contributed by atoms with Crippen molar-refractivity contribution in [2.75, 3.05) is 13.2 Å². The maximum atomic E-state index is 5.77. The van der Waals surface area contributed by atoms with Crippen LogP contribution in [0.4, 0.5) is 0 Å². The molecule has 1 fully saturated rings. The molecule has 0 N–H and O–H groups in total. The van der Waals surface area contributed by atoms with Crippen LogP contribution in [0.2, 0.25) is 0 Å². The van der Waals surface area contributed by atoms with Crippen molar-refractivity contribution in [2.24, 2.45) is 11.1 Å². The molecule has 0 saturated carbocycles. The molecular formula is C12H13NO2. The highest BCUT2D eigenvalue weighted by Crippen LogP contribution is 2.32. The van der Waals surface area contributed by atoms with Crippen molar-refractivity contribution in [2.45, 2.75) is 12.5 Å². The summed E-state index contributed by atoms with van der Waals surface area (Å²) in [4.78, 5) is 5.15. The minimum Gasteiger partial charge on any atom is -0.395 e. The molecule has 2 atom stereocenters. The van der Waals surface area contributed by atoms with Gasteiger partial charge in [-0.25, -0.2) is 0 Å². The summed E-state index contributed by atoms with van der Waals surface area (Å²) in [6.45, 7) is 1.52. The van der Waals surface area contributed by atoms with Crippen LogP contribution in [0.5, 0.6) is 0 Å². The number of fused-ring (bicyclic) bond motifs is 1. The zero-order chi connectivity index (χ0) is 10.1. The molecule has 3 rings (SSSR count). The van der Waals surface area contributed by atoms with E-state index in [2.05, 4.69) is 17.3 Å². The molecule has 0 spiro atoms. The Morgan fingerprint density at radius 3 is 2.93 bits per heavy atom. The van der Waals surface area contributed by atoms with Crippen LogP contribution in [0, 0.1) is 5.92 Å². The lowest BCUT2D eigenvalue weighted by Crippen LogP contribution is -2.30. The van der Waals surface area contributed by atoms with E-state index < -0.39 is 0 Å². The molecule has 1 aromatic carbocycles. The Balaban J connectivity index is 1.92. The lowest BCUT2D eigenvalue weighted by Gasteiger charge is -2.26. The van der Waals surface area contributed by atoms with Crippen LogP contribution in [0.1, 0.15) is 18.1 Å². The molecule has 1 saturated heterocycles. The molecule has 2 heterocycles. The van der Waals surface area contributed by atoms with Crippen molar-refractivity contribution >= 4 is 5.71 Å². The molecule has 15 heavy (non-hydrogen) atoms. The van der Waals surface area contributed by atoms with Gasteiger partial charge in [-0.3, -0.25) is 0 Å². The van der Waals surface area contributed by atoms with E-state index in [9.17, 15) is 0 Å². The van der Waals surface area contributed by atoms with Gasteiger partial charge in [0.25, 0.3) is 0 Å². The second kappa shape index (κ2) is 3.66. The molecule has 2 aliphatic heterocycles. The van der Waals surface area contributed by atoms with Gasteiger partial charge < -0.3 is 9.57 Å². The van der Waals surface area contributed by atoms with Crippen LogP contribution in [0.3, 0.4) is 0 Å². The van der Waals surface area contributed by atoms with Crippen molar-refractivity contribution in [3.63, 3.8) is 0 Å². The lowest BCUT2D eigenvalue weighted by molar-refractivity contribution is 0.0657. The largest absolute Gasteiger partial charge is 0.395 e. The van der Waals surface area contributed by atoms with Gasteiger partial charge in [0.05, 0.1) is 5.71 Å². The van der Waals surface area contributed by atoms with E-state index in [0.717, 1.165) is 25.3 Å². The summed E-state index contributed by atoms with van der Waals surface area (Å²) >= 11 is 0. The molecule has 0 bridgehead atoms. The molecule has 3 heteroatoms. The van der Waals surface area contributed by atoms with Crippen LogP contribution in [0.25, 0.3) is 0 Å². The van der Waals surface area contributed by atoms with E-state index in [1.54, 1.807) is 0 Å². The number of hydrogen-bond acceptors (Lipinski definition) is 3. The molecular weight excluding hydrogens is 190 g/mol. The number of hydrogen-bond donors (Lipinski definition) is 0. The van der Waals surface area contributed by atoms with Gasteiger partial charge in [0.1, 0.15) is 12.7 Å². The van der Waals surface area contributed by atoms with Crippen molar-refractivity contribution in [3.8, 4) is 0 Å². The predicted octanol–water partition coefficient (Wildman–Crippen LogP) is 2.15. The highest BCUT2D eigenvalue weighted by atomic mass is 16.6. The molecule has 0 aliphatic carbocycles. The van der Waals surface area contributed by atoms with E-state index in [4.69, 9.17) is 9.57 Å². The monoisotopic (exact) mass is 203 g/mol. The Morgan fingerprint density at radius 1 is 1.20 bits per heavy atom. The average Bonchev–Trinajstić information content (AvgIpc) is 2.78. The first-order valence-corrected chi connectivity index (χ1v) is 5.31. The van der Waals surface area contributed by atoms with E-state index >= 15 is 0 Å². The minimum atomic E-state index is 0.00690. The number of benzene rings is 1. The van der Waals surface area contributed by atoms with Gasteiger partial charge in [0.15, 0.2) is 0 Å². The molecule has 0 amide bonds. The summed E-state index contributed by atoms with van der Waals surface area (Å²) in [7, 11) is 0. The zero-order valence-electron chi connectivity index (χ0n) is 8.43. The number of oxime groups is 1. The van der Waals surface area contributed by atoms with Crippen LogP contribution in [-0.2, 0) is 9.57 Å². The Morgan fingerprint density at radius 2 is 2.07 bits per heavy atom. The van der Waals surface area contributed by atoms with Crippen molar-refractivity contribution in [1.29, 1.82) is 0 Å². The predicted molar refractivity (Wildman–Crippen MR) is 56.6 cm³/mol. The maximum absolute atomic E-state index is 5.77. The Labute approximate surface area is 88.7 Å². The fraction of sp³-hybridized carbons (Fsp3) is 0.417. The summed E-state index contributed by atoms with van der Waals surface area (Å²) < 4.78 is 5.77. The van der Waals surface area contributed by atoms with Gasteiger partial charge in [0.2, 0.25) is 0 Å². The van der Waals surface area contributed by atoms with Gasteiger partial charge in [0, 0.05) is 12.5 Å². The Hall–Kier alpha value is -1.35. The van der Waals surface area contributed by atoms with Gasteiger partial charge in [-0.15, -0.1) is 0 Å². The smallest absolute Gasteiger partial charge is 0.125 e. The third kappa shape index (κ3) is 1.53. The second-order valence-electron chi connectivity index (χ2n) is 3.96. The van der Waals surface area contributed by atoms with E-state index in [1.807, 2.05) is 18.2 Å². The average molecular weight is 203 g/mol. The summed E-state index contributed by atoms with van der Waals surface area (Å²) in [6.07, 6.45) is 1.04. The summed E-state index contributed by atoms with van der Waals surface area (Å²) in [5.74, 6) is 0.462. The van der Waals surface area contributed by atoms with Crippen molar-refractivity contribution in [1.82, 2.24) is 0 Å². The van der Waals surface area contributed by atoms with Gasteiger partial charge in [-0.05, 0) is 12.0 Å². The second-order valence-corrected chi connectivity index (χ2v) is 3.96. The first kappa shape index (κ1) is 8.92. The zero-order valence-corrected chi connectivity index (χ0v) is 8.43. The van der Waals surface area contributed by atoms with Crippen molar-refractivity contribution < 1.29 is 9.57 Å². The van der Waals surface area contributed by atoms with Crippen LogP contribution >= 0.6 is 0 Å². The van der Waals surface area contributed by atoms with E-state index in [-0.39, 0.29) is 6.10 Å². The Kier molecular flexibility index (Phi) is 2.18. The van der Waals surface area contributed by atoms with Crippen LogP contribution in [0.15, 0.2) is 35.5 Å². The quantitative estimate of drug-likeness (QED) is 0.700. The molecule has 2 aliphatic rings. The normalized spacial score (nSPS) is 29.2.